The van der Waals surface area contributed by atoms with Gasteiger partial charge in [0.25, 0.3) is 0 Å². The summed E-state index contributed by atoms with van der Waals surface area (Å²) >= 11 is 0. The summed E-state index contributed by atoms with van der Waals surface area (Å²) in [5.74, 6) is 6.60. The van der Waals surface area contributed by atoms with E-state index in [0.29, 0.717) is 23.6 Å². The summed E-state index contributed by atoms with van der Waals surface area (Å²) in [6.45, 7) is 2.52. The van der Waals surface area contributed by atoms with Crippen LogP contribution in [0.4, 0.5) is 0 Å². The minimum Gasteiger partial charge on any atom is -0.461 e. The molecular weight excluding hydrogens is 336 g/mol. The average Bonchev–Trinajstić information content (AvgIpc) is 2.58. The second-order valence-corrected chi connectivity index (χ2v) is 7.58. The number of carbonyl (C=O) groups excluding carboxylic acids is 2. The molecule has 8 N–H and O–H groups in total. The van der Waals surface area contributed by atoms with E-state index in [1.54, 1.807) is 6.92 Å². The highest BCUT2D eigenvalue weighted by molar-refractivity contribution is 5.80. The van der Waals surface area contributed by atoms with Crippen LogP contribution in [0.5, 0.6) is 0 Å². The molecule has 1 aliphatic carbocycles. The van der Waals surface area contributed by atoms with Gasteiger partial charge in [-0.25, -0.2) is 11.4 Å². The molecule has 2 rings (SSSR count). The van der Waals surface area contributed by atoms with Crippen LogP contribution in [0, 0.1) is 17.8 Å². The van der Waals surface area contributed by atoms with Crippen LogP contribution in [0.1, 0.15) is 51.9 Å². The lowest BCUT2D eigenvalue weighted by atomic mass is 9.69. The molecule has 1 saturated heterocycles. The van der Waals surface area contributed by atoms with Crippen molar-refractivity contribution in [3.05, 3.63) is 0 Å². The van der Waals surface area contributed by atoms with Crippen molar-refractivity contribution in [1.82, 2.24) is 10.9 Å². The number of ether oxygens (including phenoxy) is 1. The summed E-state index contributed by atoms with van der Waals surface area (Å²) in [6.07, 6.45) is 5.47. The van der Waals surface area contributed by atoms with Crippen LogP contribution in [0.25, 0.3) is 0 Å². The number of nitrogens with zero attached hydrogens (tertiary/aromatic N) is 1. The first kappa shape index (κ1) is 20.4. The molecule has 0 bridgehead atoms. The molecule has 1 aliphatic heterocycles. The normalized spacial score (nSPS) is 30.2. The SMILES string of the molecule is CC(CC(N)=O)OC(=O)C1CC2CC(CC/C(N)=N/NN)CCC2CN1. The minimum absolute atomic E-state index is 0.0488. The zero-order valence-electron chi connectivity index (χ0n) is 15.4. The van der Waals surface area contributed by atoms with E-state index in [1.807, 2.05) is 0 Å². The first-order valence-electron chi connectivity index (χ1n) is 9.38. The predicted molar refractivity (Wildman–Crippen MR) is 98.3 cm³/mol. The summed E-state index contributed by atoms with van der Waals surface area (Å²) < 4.78 is 5.36. The molecule has 1 amide bonds. The monoisotopic (exact) mass is 368 g/mol. The highest BCUT2D eigenvalue weighted by Crippen LogP contribution is 2.40. The number of piperidine rings is 1. The smallest absolute Gasteiger partial charge is 0.323 e. The van der Waals surface area contributed by atoms with Gasteiger partial charge in [-0.15, -0.1) is 0 Å². The van der Waals surface area contributed by atoms with Gasteiger partial charge >= 0.3 is 5.97 Å². The summed E-state index contributed by atoms with van der Waals surface area (Å²) in [4.78, 5) is 23.3. The fourth-order valence-electron chi connectivity index (χ4n) is 4.20. The average molecular weight is 368 g/mol. The van der Waals surface area contributed by atoms with Crippen molar-refractivity contribution in [1.29, 1.82) is 0 Å². The van der Waals surface area contributed by atoms with E-state index < -0.39 is 12.0 Å². The number of amides is 1. The van der Waals surface area contributed by atoms with Crippen LogP contribution in [-0.2, 0) is 14.3 Å². The molecule has 1 heterocycles. The standard InChI is InChI=1S/C17H32N6O3/c1-10(6-16(19)24)26-17(25)14-8-13-7-11(2-4-12(13)9-21-14)3-5-15(18)22-23-20/h10-14,21,23H,2-9,20H2,1H3,(H2,18,22)(H2,19,24). The van der Waals surface area contributed by atoms with E-state index >= 15 is 0 Å². The zero-order chi connectivity index (χ0) is 19.1. The Hall–Kier alpha value is -1.87. The van der Waals surface area contributed by atoms with Gasteiger partial charge in [0.05, 0.1) is 6.42 Å². The van der Waals surface area contributed by atoms with Crippen molar-refractivity contribution in [2.24, 2.45) is 40.2 Å². The van der Waals surface area contributed by atoms with Crippen LogP contribution >= 0.6 is 0 Å². The van der Waals surface area contributed by atoms with Gasteiger partial charge in [-0.1, -0.05) is 6.42 Å². The Labute approximate surface area is 154 Å². The summed E-state index contributed by atoms with van der Waals surface area (Å²) in [6, 6.07) is -0.307. The topological polar surface area (TPSA) is 158 Å². The maximum absolute atomic E-state index is 12.3. The highest BCUT2D eigenvalue weighted by atomic mass is 16.5. The molecule has 0 radical (unpaired) electrons. The molecule has 148 valence electrons. The lowest BCUT2D eigenvalue weighted by Crippen LogP contribution is -2.50. The van der Waals surface area contributed by atoms with Gasteiger partial charge in [0.15, 0.2) is 0 Å². The number of rotatable bonds is 8. The lowest BCUT2D eigenvalue weighted by molar-refractivity contribution is -0.153. The van der Waals surface area contributed by atoms with Crippen LogP contribution in [-0.4, -0.2) is 36.4 Å². The van der Waals surface area contributed by atoms with Crippen molar-refractivity contribution < 1.29 is 14.3 Å². The third-order valence-corrected chi connectivity index (χ3v) is 5.52. The minimum atomic E-state index is -0.489. The second-order valence-electron chi connectivity index (χ2n) is 7.58. The molecule has 1 saturated carbocycles. The summed E-state index contributed by atoms with van der Waals surface area (Å²) in [5, 5.41) is 7.10. The lowest BCUT2D eigenvalue weighted by Gasteiger charge is -2.42. The van der Waals surface area contributed by atoms with Crippen molar-refractivity contribution in [2.45, 2.75) is 64.0 Å². The van der Waals surface area contributed by atoms with Gasteiger partial charge in [-0.05, 0) is 56.9 Å². The van der Waals surface area contributed by atoms with Crippen LogP contribution < -0.4 is 28.2 Å². The number of carbonyl (C=O) groups is 2. The number of hydrogen-bond acceptors (Lipinski definition) is 7. The van der Waals surface area contributed by atoms with E-state index in [4.69, 9.17) is 22.0 Å². The molecule has 5 atom stereocenters. The Balaban J connectivity index is 1.81. The van der Waals surface area contributed by atoms with Gasteiger partial charge < -0.3 is 21.5 Å². The Kier molecular flexibility index (Phi) is 7.65. The predicted octanol–water partition coefficient (Wildman–Crippen LogP) is -0.296. The molecule has 0 spiro atoms. The van der Waals surface area contributed by atoms with Crippen molar-refractivity contribution in [3.63, 3.8) is 0 Å². The zero-order valence-corrected chi connectivity index (χ0v) is 15.4. The number of hydrazine groups is 1. The first-order chi connectivity index (χ1) is 12.4. The summed E-state index contributed by atoms with van der Waals surface area (Å²) in [5.41, 5.74) is 13.1. The summed E-state index contributed by atoms with van der Waals surface area (Å²) in [7, 11) is 0. The van der Waals surface area contributed by atoms with E-state index in [0.717, 1.165) is 38.6 Å². The first-order valence-corrected chi connectivity index (χ1v) is 9.38. The van der Waals surface area contributed by atoms with Gasteiger partial charge in [0.2, 0.25) is 5.91 Å². The molecule has 2 fully saturated rings. The molecule has 0 aromatic rings. The molecule has 2 aliphatic rings. The fourth-order valence-corrected chi connectivity index (χ4v) is 4.20. The fraction of sp³-hybridized carbons (Fsp3) is 0.824. The van der Waals surface area contributed by atoms with Crippen molar-refractivity contribution >= 4 is 17.7 Å². The number of nitrogens with one attached hydrogen (secondary N) is 2. The maximum Gasteiger partial charge on any atom is 0.323 e. The molecule has 0 aromatic carbocycles. The third kappa shape index (κ3) is 6.14. The molecule has 0 aromatic heterocycles. The number of hydrogen-bond donors (Lipinski definition) is 5. The van der Waals surface area contributed by atoms with E-state index in [1.165, 1.54) is 6.42 Å². The quantitative estimate of drug-likeness (QED) is 0.129. The van der Waals surface area contributed by atoms with Crippen LogP contribution in [0.3, 0.4) is 0 Å². The third-order valence-electron chi connectivity index (χ3n) is 5.52. The van der Waals surface area contributed by atoms with Crippen LogP contribution in [0.2, 0.25) is 0 Å². The number of nitrogens with two attached hydrogens (primary N) is 3. The van der Waals surface area contributed by atoms with Crippen LogP contribution in [0.15, 0.2) is 5.10 Å². The number of esters is 1. The Morgan fingerprint density at radius 1 is 1.27 bits per heavy atom. The molecule has 9 nitrogen and oxygen atoms in total. The number of primary amides is 1. The number of amidine groups is 1. The Bertz CT molecular complexity index is 527. The number of hydrazone groups is 1. The molecular formula is C17H32N6O3. The van der Waals surface area contributed by atoms with Crippen molar-refractivity contribution in [3.8, 4) is 0 Å². The van der Waals surface area contributed by atoms with E-state index in [-0.39, 0.29) is 18.4 Å². The maximum atomic E-state index is 12.3. The largest absolute Gasteiger partial charge is 0.461 e. The van der Waals surface area contributed by atoms with Gasteiger partial charge in [-0.3, -0.25) is 9.59 Å². The van der Waals surface area contributed by atoms with E-state index in [2.05, 4.69) is 16.0 Å². The highest BCUT2D eigenvalue weighted by Gasteiger charge is 2.38. The number of fused-ring (bicyclic) bond motifs is 1. The Morgan fingerprint density at radius 3 is 2.73 bits per heavy atom. The second kappa shape index (κ2) is 9.72. The van der Waals surface area contributed by atoms with Crippen molar-refractivity contribution in [2.75, 3.05) is 6.54 Å². The molecule has 9 heteroatoms. The van der Waals surface area contributed by atoms with Gasteiger partial charge in [0.1, 0.15) is 18.0 Å². The van der Waals surface area contributed by atoms with Gasteiger partial charge in [0, 0.05) is 6.42 Å². The van der Waals surface area contributed by atoms with Gasteiger partial charge in [-0.2, -0.15) is 5.10 Å². The Morgan fingerprint density at radius 2 is 2.04 bits per heavy atom. The molecule has 26 heavy (non-hydrogen) atoms. The molecule has 5 unspecified atom stereocenters. The van der Waals surface area contributed by atoms with E-state index in [9.17, 15) is 9.59 Å².